The highest BCUT2D eigenvalue weighted by Gasteiger charge is 2.10. The van der Waals surface area contributed by atoms with Crippen molar-refractivity contribution in [1.29, 1.82) is 0 Å². The third-order valence-corrected chi connectivity index (χ3v) is 4.70. The highest BCUT2D eigenvalue weighted by Crippen LogP contribution is 2.33. The molecule has 0 aliphatic carbocycles. The second kappa shape index (κ2) is 11.1. The maximum atomic E-state index is 12.8. The predicted octanol–water partition coefficient (Wildman–Crippen LogP) is 6.92. The van der Waals surface area contributed by atoms with E-state index in [1.165, 1.54) is 0 Å². The molecule has 2 aromatic carbocycles. The molecule has 1 aromatic heterocycles. The van der Waals surface area contributed by atoms with Crippen molar-refractivity contribution in [3.63, 3.8) is 0 Å². The molecule has 0 aliphatic heterocycles. The van der Waals surface area contributed by atoms with Crippen molar-refractivity contribution >= 4 is 6.08 Å². The SMILES string of the molecule is C=CCOc1cc(-c2ccc(C=CCCCC(C)F)cc2)ccc1-c1cnccn1. The van der Waals surface area contributed by atoms with Crippen LogP contribution < -0.4 is 4.74 Å². The number of ether oxygens (including phenoxy) is 1. The van der Waals surface area contributed by atoms with Gasteiger partial charge in [0.1, 0.15) is 12.4 Å². The zero-order chi connectivity index (χ0) is 21.2. The Labute approximate surface area is 178 Å². The lowest BCUT2D eigenvalue weighted by molar-refractivity contribution is 0.335. The highest BCUT2D eigenvalue weighted by molar-refractivity contribution is 5.75. The van der Waals surface area contributed by atoms with Gasteiger partial charge in [-0.05, 0) is 55.0 Å². The number of unbranched alkanes of at least 4 members (excludes halogenated alkanes) is 1. The van der Waals surface area contributed by atoms with E-state index in [9.17, 15) is 4.39 Å². The molecule has 0 saturated heterocycles. The van der Waals surface area contributed by atoms with Gasteiger partial charge in [0, 0.05) is 18.0 Å². The molecule has 1 heterocycles. The zero-order valence-electron chi connectivity index (χ0n) is 17.3. The molecule has 0 aliphatic rings. The molecule has 0 bridgehead atoms. The Morgan fingerprint density at radius 2 is 1.90 bits per heavy atom. The average molecular weight is 403 g/mol. The van der Waals surface area contributed by atoms with Crippen molar-refractivity contribution in [2.75, 3.05) is 6.61 Å². The summed E-state index contributed by atoms with van der Waals surface area (Å²) < 4.78 is 18.7. The van der Waals surface area contributed by atoms with E-state index in [0.29, 0.717) is 13.0 Å². The van der Waals surface area contributed by atoms with Crippen molar-refractivity contribution in [2.45, 2.75) is 32.4 Å². The average Bonchev–Trinajstić information content (AvgIpc) is 2.78. The van der Waals surface area contributed by atoms with Crippen LogP contribution >= 0.6 is 0 Å². The molecule has 0 radical (unpaired) electrons. The van der Waals surface area contributed by atoms with E-state index in [4.69, 9.17) is 4.74 Å². The Bertz CT molecular complexity index is 966. The molecular weight excluding hydrogens is 375 g/mol. The largest absolute Gasteiger partial charge is 0.489 e. The lowest BCUT2D eigenvalue weighted by atomic mass is 10.0. The number of aromatic nitrogens is 2. The van der Waals surface area contributed by atoms with Crippen molar-refractivity contribution in [2.24, 2.45) is 0 Å². The normalized spacial score (nSPS) is 12.1. The van der Waals surface area contributed by atoms with Gasteiger partial charge < -0.3 is 4.74 Å². The van der Waals surface area contributed by atoms with Crippen LogP contribution in [0.1, 0.15) is 31.7 Å². The van der Waals surface area contributed by atoms with Gasteiger partial charge in [-0.15, -0.1) is 0 Å². The van der Waals surface area contributed by atoms with E-state index in [1.807, 2.05) is 12.1 Å². The summed E-state index contributed by atoms with van der Waals surface area (Å²) in [5.74, 6) is 0.749. The minimum Gasteiger partial charge on any atom is -0.489 e. The summed E-state index contributed by atoms with van der Waals surface area (Å²) in [5, 5.41) is 0. The van der Waals surface area contributed by atoms with Crippen LogP contribution in [0.15, 0.2) is 79.8 Å². The molecule has 3 aromatic rings. The summed E-state index contributed by atoms with van der Waals surface area (Å²) in [6, 6.07) is 14.5. The number of allylic oxidation sites excluding steroid dienone is 1. The van der Waals surface area contributed by atoms with Crippen LogP contribution in [0, 0.1) is 0 Å². The number of rotatable bonds is 10. The van der Waals surface area contributed by atoms with Gasteiger partial charge in [0.2, 0.25) is 0 Å². The van der Waals surface area contributed by atoms with E-state index in [1.54, 1.807) is 31.6 Å². The fourth-order valence-electron chi connectivity index (χ4n) is 3.14. The summed E-state index contributed by atoms with van der Waals surface area (Å²) in [6.07, 6.45) is 12.6. The van der Waals surface area contributed by atoms with Crippen LogP contribution in [0.5, 0.6) is 5.75 Å². The van der Waals surface area contributed by atoms with Crippen LogP contribution in [0.2, 0.25) is 0 Å². The van der Waals surface area contributed by atoms with Crippen molar-refractivity contribution < 1.29 is 9.13 Å². The van der Waals surface area contributed by atoms with Crippen LogP contribution in [-0.4, -0.2) is 22.7 Å². The summed E-state index contributed by atoms with van der Waals surface area (Å²) in [6.45, 7) is 5.76. The third-order valence-electron chi connectivity index (χ3n) is 4.70. The van der Waals surface area contributed by atoms with Gasteiger partial charge in [-0.25, -0.2) is 4.39 Å². The molecular formula is C26H27FN2O. The smallest absolute Gasteiger partial charge is 0.129 e. The summed E-state index contributed by atoms with van der Waals surface area (Å²) in [4.78, 5) is 8.54. The molecule has 1 atom stereocenters. The fourth-order valence-corrected chi connectivity index (χ4v) is 3.14. The second-order valence-electron chi connectivity index (χ2n) is 7.14. The van der Waals surface area contributed by atoms with E-state index >= 15 is 0 Å². The Balaban J connectivity index is 1.76. The molecule has 0 amide bonds. The number of nitrogens with zero attached hydrogens (tertiary/aromatic N) is 2. The van der Waals surface area contributed by atoms with Gasteiger partial charge in [-0.3, -0.25) is 9.97 Å². The molecule has 3 nitrogen and oxygen atoms in total. The van der Waals surface area contributed by atoms with Gasteiger partial charge in [0.25, 0.3) is 0 Å². The maximum Gasteiger partial charge on any atom is 0.129 e. The standard InChI is InChI=1S/C26H27FN2O/c1-3-17-30-26-18-23(13-14-24(26)25-19-28-15-16-29-25)22-11-9-21(10-12-22)8-6-4-5-7-20(2)27/h3,6,8-16,18-20H,1,4-5,7,17H2,2H3. The van der Waals surface area contributed by atoms with Crippen molar-refractivity contribution in [1.82, 2.24) is 9.97 Å². The van der Waals surface area contributed by atoms with Crippen LogP contribution in [-0.2, 0) is 0 Å². The quantitative estimate of drug-likeness (QED) is 0.273. The topological polar surface area (TPSA) is 35.0 Å². The molecule has 0 saturated carbocycles. The first kappa shape index (κ1) is 21.4. The molecule has 154 valence electrons. The van der Waals surface area contributed by atoms with Crippen LogP contribution in [0.3, 0.4) is 0 Å². The number of alkyl halides is 1. The van der Waals surface area contributed by atoms with Gasteiger partial charge in [0.15, 0.2) is 0 Å². The lowest BCUT2D eigenvalue weighted by Gasteiger charge is -2.12. The number of hydrogen-bond donors (Lipinski definition) is 0. The molecule has 0 fully saturated rings. The van der Waals surface area contributed by atoms with E-state index in [0.717, 1.165) is 46.5 Å². The summed E-state index contributed by atoms with van der Waals surface area (Å²) >= 11 is 0. The summed E-state index contributed by atoms with van der Waals surface area (Å²) in [5.41, 5.74) is 4.97. The first-order chi connectivity index (χ1) is 14.7. The number of halogens is 1. The second-order valence-corrected chi connectivity index (χ2v) is 7.14. The Morgan fingerprint density at radius 1 is 1.10 bits per heavy atom. The maximum absolute atomic E-state index is 12.8. The molecule has 30 heavy (non-hydrogen) atoms. The van der Waals surface area contributed by atoms with Gasteiger partial charge in [-0.2, -0.15) is 0 Å². The van der Waals surface area contributed by atoms with E-state index in [-0.39, 0.29) is 0 Å². The Hall–Kier alpha value is -3.27. The van der Waals surface area contributed by atoms with Gasteiger partial charge >= 0.3 is 0 Å². The fraction of sp³-hybridized carbons (Fsp3) is 0.231. The van der Waals surface area contributed by atoms with Crippen LogP contribution in [0.25, 0.3) is 28.5 Å². The van der Waals surface area contributed by atoms with Gasteiger partial charge in [-0.1, -0.05) is 55.1 Å². The molecule has 0 spiro atoms. The first-order valence-electron chi connectivity index (χ1n) is 10.2. The third kappa shape index (κ3) is 6.11. The van der Waals surface area contributed by atoms with Crippen molar-refractivity contribution in [3.05, 3.63) is 85.3 Å². The minimum atomic E-state index is -0.724. The predicted molar refractivity (Wildman–Crippen MR) is 122 cm³/mol. The summed E-state index contributed by atoms with van der Waals surface area (Å²) in [7, 11) is 0. The van der Waals surface area contributed by atoms with E-state index in [2.05, 4.69) is 59.0 Å². The van der Waals surface area contributed by atoms with Gasteiger partial charge in [0.05, 0.1) is 18.1 Å². The zero-order valence-corrected chi connectivity index (χ0v) is 17.3. The lowest BCUT2D eigenvalue weighted by Crippen LogP contribution is -1.97. The minimum absolute atomic E-state index is 0.418. The molecule has 1 unspecified atom stereocenters. The Kier molecular flexibility index (Phi) is 7.90. The molecule has 3 rings (SSSR count). The first-order valence-corrected chi connectivity index (χ1v) is 10.2. The monoisotopic (exact) mass is 402 g/mol. The van der Waals surface area contributed by atoms with Crippen LogP contribution in [0.4, 0.5) is 4.39 Å². The number of benzene rings is 2. The molecule has 0 N–H and O–H groups in total. The highest BCUT2D eigenvalue weighted by atomic mass is 19.1. The number of hydrogen-bond acceptors (Lipinski definition) is 3. The Morgan fingerprint density at radius 3 is 2.60 bits per heavy atom. The van der Waals surface area contributed by atoms with Crippen molar-refractivity contribution in [3.8, 4) is 28.1 Å². The molecule has 4 heteroatoms. The van der Waals surface area contributed by atoms with E-state index < -0.39 is 6.17 Å².